The van der Waals surface area contributed by atoms with E-state index in [1.165, 1.54) is 23.0 Å². The van der Waals surface area contributed by atoms with E-state index < -0.39 is 0 Å². The monoisotopic (exact) mass is 556 g/mol. The van der Waals surface area contributed by atoms with Crippen LogP contribution < -0.4 is 0 Å². The quantitative estimate of drug-likeness (QED) is 0.119. The van der Waals surface area contributed by atoms with Crippen molar-refractivity contribution >= 4 is 110 Å². The van der Waals surface area contributed by atoms with Crippen molar-refractivity contribution in [2.75, 3.05) is 46.0 Å². The van der Waals surface area contributed by atoms with Crippen LogP contribution in [0, 0.1) is 11.8 Å². The number of hydrogen-bond donors (Lipinski definition) is 5. The maximum Gasteiger partial charge on any atom is 0.0105 e. The van der Waals surface area contributed by atoms with E-state index in [1.807, 2.05) is 47.0 Å². The summed E-state index contributed by atoms with van der Waals surface area (Å²) in [6, 6.07) is 0. The predicted molar refractivity (Wildman–Crippen MR) is 163 cm³/mol. The molecule has 0 aromatic carbocycles. The van der Waals surface area contributed by atoms with Crippen LogP contribution in [0.4, 0.5) is 0 Å². The van der Waals surface area contributed by atoms with Crippen LogP contribution in [0.1, 0.15) is 27.7 Å². The summed E-state index contributed by atoms with van der Waals surface area (Å²) in [5.41, 5.74) is 0. The molecule has 0 saturated heterocycles. The molecule has 0 aliphatic heterocycles. The molecular formula is C19H40S9. The van der Waals surface area contributed by atoms with Crippen LogP contribution in [0.25, 0.3) is 0 Å². The van der Waals surface area contributed by atoms with Gasteiger partial charge in [0.25, 0.3) is 0 Å². The maximum atomic E-state index is 5.19. The molecule has 170 valence electrons. The molecule has 0 nitrogen and oxygen atoms in total. The van der Waals surface area contributed by atoms with Crippen molar-refractivity contribution in [2.24, 2.45) is 11.8 Å². The zero-order valence-electron chi connectivity index (χ0n) is 17.6. The third-order valence-electron chi connectivity index (χ3n) is 3.73. The van der Waals surface area contributed by atoms with E-state index in [0.717, 1.165) is 23.0 Å². The third-order valence-corrected chi connectivity index (χ3v) is 11.9. The van der Waals surface area contributed by atoms with Gasteiger partial charge in [-0.15, -0.1) is 0 Å². The van der Waals surface area contributed by atoms with Gasteiger partial charge in [-0.1, -0.05) is 27.7 Å². The highest BCUT2D eigenvalue weighted by Gasteiger charge is 2.27. The van der Waals surface area contributed by atoms with Crippen molar-refractivity contribution in [3.05, 3.63) is 0 Å². The third kappa shape index (κ3) is 18.7. The summed E-state index contributed by atoms with van der Waals surface area (Å²) in [6.07, 6.45) is 0. The van der Waals surface area contributed by atoms with Crippen LogP contribution in [0.2, 0.25) is 0 Å². The molecule has 0 amide bonds. The minimum Gasteiger partial charge on any atom is -0.175 e. The highest BCUT2D eigenvalue weighted by Crippen LogP contribution is 2.32. The van der Waals surface area contributed by atoms with Crippen LogP contribution in [-0.4, -0.2) is 72.3 Å². The summed E-state index contributed by atoms with van der Waals surface area (Å²) >= 11 is 31.5. The van der Waals surface area contributed by atoms with Crippen LogP contribution in [0.5, 0.6) is 0 Å². The Morgan fingerprint density at radius 1 is 0.429 bits per heavy atom. The van der Waals surface area contributed by atoms with Gasteiger partial charge in [0, 0.05) is 49.3 Å². The van der Waals surface area contributed by atoms with Gasteiger partial charge in [0.05, 0.1) is 0 Å². The van der Waals surface area contributed by atoms with Gasteiger partial charge in [-0.25, -0.2) is 0 Å². The summed E-state index contributed by atoms with van der Waals surface area (Å²) < 4.78 is 0. The molecule has 0 radical (unpaired) electrons. The molecule has 28 heavy (non-hydrogen) atoms. The zero-order chi connectivity index (χ0) is 21.5. The molecular weight excluding hydrogens is 517 g/mol. The minimum absolute atomic E-state index is 0.427. The lowest BCUT2D eigenvalue weighted by atomic mass is 9.99. The largest absolute Gasteiger partial charge is 0.175 e. The lowest BCUT2D eigenvalue weighted by Gasteiger charge is -2.31. The summed E-state index contributed by atoms with van der Waals surface area (Å²) in [4.78, 5) is 0. The van der Waals surface area contributed by atoms with E-state index in [1.54, 1.807) is 0 Å². The maximum absolute atomic E-state index is 5.19. The lowest BCUT2D eigenvalue weighted by Crippen LogP contribution is -2.32. The second-order valence-corrected chi connectivity index (χ2v) is 16.0. The van der Waals surface area contributed by atoms with E-state index in [4.69, 9.17) is 12.6 Å². The summed E-state index contributed by atoms with van der Waals surface area (Å²) in [6.45, 7) is 8.70. The number of thiol groups is 5. The summed E-state index contributed by atoms with van der Waals surface area (Å²) in [7, 11) is 0. The molecule has 4 unspecified atom stereocenters. The average molecular weight is 557 g/mol. The van der Waals surface area contributed by atoms with E-state index in [9.17, 15) is 0 Å². The van der Waals surface area contributed by atoms with Gasteiger partial charge in [0.2, 0.25) is 0 Å². The molecule has 0 bridgehead atoms. The molecule has 0 saturated carbocycles. The molecule has 0 spiro atoms. The van der Waals surface area contributed by atoms with Crippen molar-refractivity contribution in [1.29, 1.82) is 0 Å². The lowest BCUT2D eigenvalue weighted by molar-refractivity contribution is 0.513. The Morgan fingerprint density at radius 3 is 0.821 bits per heavy atom. The van der Waals surface area contributed by atoms with Crippen molar-refractivity contribution in [1.82, 2.24) is 0 Å². The molecule has 0 rings (SSSR count). The van der Waals surface area contributed by atoms with E-state index >= 15 is 0 Å². The van der Waals surface area contributed by atoms with Gasteiger partial charge < -0.3 is 0 Å². The van der Waals surface area contributed by atoms with E-state index in [2.05, 4.69) is 78.2 Å². The first-order valence-corrected chi connectivity index (χ1v) is 17.0. The fourth-order valence-corrected chi connectivity index (χ4v) is 9.41. The first kappa shape index (κ1) is 31.1. The van der Waals surface area contributed by atoms with Gasteiger partial charge in [-0.3, -0.25) is 0 Å². The Hall–Kier alpha value is 3.15. The molecule has 9 heteroatoms. The Labute approximate surface area is 220 Å². The Morgan fingerprint density at radius 2 is 0.643 bits per heavy atom. The van der Waals surface area contributed by atoms with Crippen LogP contribution in [0.3, 0.4) is 0 Å². The van der Waals surface area contributed by atoms with Gasteiger partial charge >= 0.3 is 0 Å². The molecule has 0 heterocycles. The first-order chi connectivity index (χ1) is 13.1. The first-order valence-electron chi connectivity index (χ1n) is 9.84. The summed E-state index contributed by atoms with van der Waals surface area (Å²) in [5, 5.41) is 2.22. The van der Waals surface area contributed by atoms with Gasteiger partial charge in [0.15, 0.2) is 0 Å². The number of hydrogen-bond acceptors (Lipinski definition) is 9. The SMILES string of the molecule is CC(S)CSCC(CSCC(C)S)C(S)C(CSCC(C)S)CSCC(C)S. The van der Waals surface area contributed by atoms with Crippen LogP contribution >= 0.6 is 110 Å². The zero-order valence-corrected chi connectivity index (χ0v) is 25.3. The Kier molecular flexibility index (Phi) is 21.8. The van der Waals surface area contributed by atoms with E-state index in [0.29, 0.717) is 38.1 Å². The average Bonchev–Trinajstić information content (AvgIpc) is 2.57. The fourth-order valence-electron chi connectivity index (χ4n) is 2.44. The van der Waals surface area contributed by atoms with E-state index in [-0.39, 0.29) is 0 Å². The highest BCUT2D eigenvalue weighted by molar-refractivity contribution is 8.01. The molecule has 0 aliphatic rings. The van der Waals surface area contributed by atoms with Crippen LogP contribution in [-0.2, 0) is 0 Å². The highest BCUT2D eigenvalue weighted by atomic mass is 32.2. The predicted octanol–water partition coefficient (Wildman–Crippen LogP) is 6.72. The standard InChI is InChI=1S/C19H40S9/c1-13(20)5-25-9-17(10-26-6-14(2)21)19(24)18(11-27-7-15(3)22)12-28-8-16(4)23/h13-24H,5-12H2,1-4H3. The molecule has 4 atom stereocenters. The van der Waals surface area contributed by atoms with Crippen molar-refractivity contribution < 1.29 is 0 Å². The molecule has 0 aliphatic carbocycles. The Balaban J connectivity index is 4.88. The summed E-state index contributed by atoms with van der Waals surface area (Å²) in [5.74, 6) is 10.3. The second-order valence-electron chi connectivity index (χ2n) is 7.56. The molecule has 0 aromatic rings. The second kappa shape index (κ2) is 19.6. The van der Waals surface area contributed by atoms with Crippen molar-refractivity contribution in [3.63, 3.8) is 0 Å². The molecule has 0 aromatic heterocycles. The van der Waals surface area contributed by atoms with Gasteiger partial charge in [-0.2, -0.15) is 110 Å². The smallest absolute Gasteiger partial charge is 0.0105 e. The normalized spacial score (nSPS) is 19.6. The Bertz CT molecular complexity index is 290. The molecule has 0 fully saturated rings. The number of rotatable bonds is 18. The van der Waals surface area contributed by atoms with Crippen molar-refractivity contribution in [3.8, 4) is 0 Å². The van der Waals surface area contributed by atoms with Crippen molar-refractivity contribution in [2.45, 2.75) is 53.9 Å². The topological polar surface area (TPSA) is 0 Å². The van der Waals surface area contributed by atoms with Gasteiger partial charge in [-0.05, 0) is 34.8 Å². The minimum atomic E-state index is 0.427. The number of thioether (sulfide) groups is 4. The van der Waals surface area contributed by atoms with Gasteiger partial charge in [0.1, 0.15) is 0 Å². The fraction of sp³-hybridized carbons (Fsp3) is 1.00. The van der Waals surface area contributed by atoms with Crippen LogP contribution in [0.15, 0.2) is 0 Å². The molecule has 0 N–H and O–H groups in total.